The highest BCUT2D eigenvalue weighted by atomic mass is 32.2. The van der Waals surface area contributed by atoms with E-state index in [1.165, 1.54) is 11.4 Å². The zero-order valence-corrected chi connectivity index (χ0v) is 12.9. The molecule has 2 aliphatic heterocycles. The first-order valence-corrected chi connectivity index (χ1v) is 8.38. The Morgan fingerprint density at radius 2 is 1.91 bits per heavy atom. The van der Waals surface area contributed by atoms with Crippen LogP contribution in [0.1, 0.15) is 17.0 Å². The average Bonchev–Trinajstić information content (AvgIpc) is 2.49. The standard InChI is InChI=1S/C14H17FN2O4S/c1-21-14(18)13-9-16(6-10-4-2-3-5-12(10)13)22(19,20)17-7-11(15)8-17/h2-5,11,13H,6-9H2,1H3. The van der Waals surface area contributed by atoms with Crippen LogP contribution < -0.4 is 0 Å². The Hall–Kier alpha value is -1.51. The number of alkyl halides is 1. The van der Waals surface area contributed by atoms with Gasteiger partial charge in [0.05, 0.1) is 13.0 Å². The Kier molecular flexibility index (Phi) is 3.92. The maximum absolute atomic E-state index is 13.0. The monoisotopic (exact) mass is 328 g/mol. The van der Waals surface area contributed by atoms with Gasteiger partial charge in [0, 0.05) is 26.2 Å². The maximum Gasteiger partial charge on any atom is 0.314 e. The molecule has 3 rings (SSSR count). The van der Waals surface area contributed by atoms with Crippen LogP contribution in [-0.2, 0) is 26.3 Å². The number of methoxy groups -OCH3 is 1. The fraction of sp³-hybridized carbons (Fsp3) is 0.500. The van der Waals surface area contributed by atoms with E-state index in [2.05, 4.69) is 0 Å². The van der Waals surface area contributed by atoms with Crippen molar-refractivity contribution in [3.05, 3.63) is 35.4 Å². The van der Waals surface area contributed by atoms with Crippen LogP contribution in [-0.4, -0.2) is 55.9 Å². The molecule has 22 heavy (non-hydrogen) atoms. The van der Waals surface area contributed by atoms with E-state index in [1.807, 2.05) is 12.1 Å². The average molecular weight is 328 g/mol. The summed E-state index contributed by atoms with van der Waals surface area (Å²) >= 11 is 0. The molecule has 1 fully saturated rings. The van der Waals surface area contributed by atoms with Crippen LogP contribution in [0.5, 0.6) is 0 Å². The van der Waals surface area contributed by atoms with Gasteiger partial charge in [0.2, 0.25) is 0 Å². The minimum absolute atomic E-state index is 0.0134. The molecule has 1 unspecified atom stereocenters. The van der Waals surface area contributed by atoms with Crippen molar-refractivity contribution in [3.8, 4) is 0 Å². The Labute approximate surface area is 128 Å². The number of halogens is 1. The summed E-state index contributed by atoms with van der Waals surface area (Å²) in [5, 5.41) is 0. The number of benzene rings is 1. The summed E-state index contributed by atoms with van der Waals surface area (Å²) in [5.74, 6) is -1.13. The Morgan fingerprint density at radius 3 is 2.55 bits per heavy atom. The number of fused-ring (bicyclic) bond motifs is 1. The molecule has 1 saturated heterocycles. The minimum Gasteiger partial charge on any atom is -0.469 e. The first-order chi connectivity index (χ1) is 10.4. The molecule has 2 heterocycles. The summed E-state index contributed by atoms with van der Waals surface area (Å²) in [6.45, 7) is -0.0499. The highest BCUT2D eigenvalue weighted by Gasteiger charge is 2.43. The fourth-order valence-electron chi connectivity index (χ4n) is 2.83. The Bertz CT molecular complexity index is 688. The molecule has 0 radical (unpaired) electrons. The van der Waals surface area contributed by atoms with Crippen LogP contribution in [0.15, 0.2) is 24.3 Å². The quantitative estimate of drug-likeness (QED) is 0.765. The molecule has 0 aromatic heterocycles. The summed E-state index contributed by atoms with van der Waals surface area (Å²) < 4.78 is 45.1. The van der Waals surface area contributed by atoms with Crippen LogP contribution in [0, 0.1) is 0 Å². The molecule has 120 valence electrons. The molecule has 2 aliphatic rings. The van der Waals surface area contributed by atoms with Crippen molar-refractivity contribution >= 4 is 16.2 Å². The number of esters is 1. The van der Waals surface area contributed by atoms with Crippen molar-refractivity contribution in [2.75, 3.05) is 26.7 Å². The third-order valence-corrected chi connectivity index (χ3v) is 5.99. The van der Waals surface area contributed by atoms with Gasteiger partial charge in [-0.05, 0) is 11.1 Å². The molecule has 1 atom stereocenters. The molecule has 0 spiro atoms. The van der Waals surface area contributed by atoms with Gasteiger partial charge >= 0.3 is 5.97 Å². The van der Waals surface area contributed by atoms with Gasteiger partial charge in [0.25, 0.3) is 10.2 Å². The first-order valence-electron chi connectivity index (χ1n) is 6.98. The van der Waals surface area contributed by atoms with Gasteiger partial charge in [-0.1, -0.05) is 24.3 Å². The molecule has 0 amide bonds. The van der Waals surface area contributed by atoms with Gasteiger partial charge in [-0.15, -0.1) is 0 Å². The number of carbonyl (C=O) groups excluding carboxylic acids is 1. The SMILES string of the molecule is COC(=O)C1CN(S(=O)(=O)N2CC(F)C2)Cc2ccccc21. The third kappa shape index (κ3) is 2.51. The van der Waals surface area contributed by atoms with Gasteiger partial charge < -0.3 is 4.74 Å². The number of hydrogen-bond acceptors (Lipinski definition) is 4. The fourth-order valence-corrected chi connectivity index (χ4v) is 4.50. The minimum atomic E-state index is -3.76. The molecule has 0 N–H and O–H groups in total. The van der Waals surface area contributed by atoms with E-state index in [1.54, 1.807) is 12.1 Å². The lowest BCUT2D eigenvalue weighted by molar-refractivity contribution is -0.142. The van der Waals surface area contributed by atoms with Crippen molar-refractivity contribution in [2.24, 2.45) is 0 Å². The van der Waals surface area contributed by atoms with Crippen molar-refractivity contribution in [3.63, 3.8) is 0 Å². The number of hydrogen-bond donors (Lipinski definition) is 0. The molecule has 0 aliphatic carbocycles. The van der Waals surface area contributed by atoms with Gasteiger partial charge in [0.15, 0.2) is 0 Å². The summed E-state index contributed by atoms with van der Waals surface area (Å²) in [6.07, 6.45) is -1.11. The summed E-state index contributed by atoms with van der Waals surface area (Å²) in [4.78, 5) is 12.0. The largest absolute Gasteiger partial charge is 0.469 e. The summed E-state index contributed by atoms with van der Waals surface area (Å²) in [6, 6.07) is 7.20. The van der Waals surface area contributed by atoms with E-state index in [4.69, 9.17) is 4.74 Å². The molecular formula is C14H17FN2O4S. The second-order valence-corrected chi connectivity index (χ2v) is 7.42. The lowest BCUT2D eigenvalue weighted by atomic mass is 9.91. The lowest BCUT2D eigenvalue weighted by Gasteiger charge is -2.40. The number of nitrogens with zero attached hydrogens (tertiary/aromatic N) is 2. The van der Waals surface area contributed by atoms with E-state index in [0.717, 1.165) is 15.4 Å². The molecule has 0 saturated carbocycles. The first kappa shape index (κ1) is 15.4. The van der Waals surface area contributed by atoms with Crippen molar-refractivity contribution in [1.29, 1.82) is 0 Å². The molecule has 1 aromatic carbocycles. The highest BCUT2D eigenvalue weighted by Crippen LogP contribution is 2.32. The number of carbonyl (C=O) groups is 1. The smallest absolute Gasteiger partial charge is 0.314 e. The Balaban J connectivity index is 1.91. The van der Waals surface area contributed by atoms with Crippen LogP contribution in [0.4, 0.5) is 4.39 Å². The number of rotatable bonds is 3. The third-order valence-electron chi connectivity index (χ3n) is 4.11. The lowest BCUT2D eigenvalue weighted by Crippen LogP contribution is -2.57. The highest BCUT2D eigenvalue weighted by molar-refractivity contribution is 7.86. The summed E-state index contributed by atoms with van der Waals surface area (Å²) in [5.41, 5.74) is 1.55. The topological polar surface area (TPSA) is 66.9 Å². The molecule has 1 aromatic rings. The van der Waals surface area contributed by atoms with Gasteiger partial charge in [-0.25, -0.2) is 4.39 Å². The second kappa shape index (κ2) is 5.60. The zero-order chi connectivity index (χ0) is 15.9. The second-order valence-electron chi connectivity index (χ2n) is 5.49. The van der Waals surface area contributed by atoms with Crippen LogP contribution in [0.2, 0.25) is 0 Å². The predicted molar refractivity (Wildman–Crippen MR) is 77.0 cm³/mol. The van der Waals surface area contributed by atoms with E-state index in [0.29, 0.717) is 0 Å². The van der Waals surface area contributed by atoms with E-state index in [9.17, 15) is 17.6 Å². The van der Waals surface area contributed by atoms with Gasteiger partial charge in [0.1, 0.15) is 6.17 Å². The van der Waals surface area contributed by atoms with Crippen LogP contribution >= 0.6 is 0 Å². The molecular weight excluding hydrogens is 311 g/mol. The molecule has 6 nitrogen and oxygen atoms in total. The van der Waals surface area contributed by atoms with Crippen LogP contribution in [0.3, 0.4) is 0 Å². The number of ether oxygens (including phenoxy) is 1. The van der Waals surface area contributed by atoms with Gasteiger partial charge in [-0.2, -0.15) is 17.0 Å². The van der Waals surface area contributed by atoms with E-state index in [-0.39, 0.29) is 26.2 Å². The van der Waals surface area contributed by atoms with E-state index >= 15 is 0 Å². The van der Waals surface area contributed by atoms with Gasteiger partial charge in [-0.3, -0.25) is 4.79 Å². The maximum atomic E-state index is 13.0. The van der Waals surface area contributed by atoms with Crippen molar-refractivity contribution in [2.45, 2.75) is 18.6 Å². The normalized spacial score (nSPS) is 23.6. The summed E-state index contributed by atoms with van der Waals surface area (Å²) in [7, 11) is -2.48. The van der Waals surface area contributed by atoms with Crippen molar-refractivity contribution < 1.29 is 22.3 Å². The predicted octanol–water partition coefficient (Wildman–Crippen LogP) is 0.657. The molecule has 0 bridgehead atoms. The molecule has 8 heteroatoms. The Morgan fingerprint density at radius 1 is 1.23 bits per heavy atom. The van der Waals surface area contributed by atoms with E-state index < -0.39 is 28.3 Å². The van der Waals surface area contributed by atoms with Crippen molar-refractivity contribution in [1.82, 2.24) is 8.61 Å². The zero-order valence-electron chi connectivity index (χ0n) is 12.1. The van der Waals surface area contributed by atoms with Crippen LogP contribution in [0.25, 0.3) is 0 Å².